The van der Waals surface area contributed by atoms with Gasteiger partial charge in [-0.3, -0.25) is 0 Å². The van der Waals surface area contributed by atoms with Gasteiger partial charge in [0, 0.05) is 18.4 Å². The molecule has 0 spiro atoms. The molecule has 1 heterocycles. The molecule has 0 bridgehead atoms. The van der Waals surface area contributed by atoms with E-state index in [2.05, 4.69) is 38.1 Å². The van der Waals surface area contributed by atoms with E-state index >= 15 is 0 Å². The van der Waals surface area contributed by atoms with Gasteiger partial charge >= 0.3 is 0 Å². The maximum absolute atomic E-state index is 4.13. The number of anilines is 1. The normalized spacial score (nSPS) is 25.9. The number of hydrogen-bond donors (Lipinski definition) is 0. The van der Waals surface area contributed by atoms with Crippen molar-refractivity contribution in [2.24, 2.45) is 5.92 Å². The fourth-order valence-corrected chi connectivity index (χ4v) is 3.42. The van der Waals surface area contributed by atoms with Gasteiger partial charge in [0.05, 0.1) is 0 Å². The van der Waals surface area contributed by atoms with E-state index in [4.69, 9.17) is 0 Å². The van der Waals surface area contributed by atoms with E-state index < -0.39 is 0 Å². The van der Waals surface area contributed by atoms with E-state index in [0.29, 0.717) is 0 Å². The van der Waals surface area contributed by atoms with Crippen molar-refractivity contribution in [2.75, 3.05) is 18.5 Å². The summed E-state index contributed by atoms with van der Waals surface area (Å²) in [7, 11) is 2.10. The largest absolute Gasteiger partial charge is 0.349 e. The van der Waals surface area contributed by atoms with Crippen LogP contribution in [0.4, 0.5) is 5.13 Å². The molecule has 0 aliphatic heterocycles. The third-order valence-corrected chi connectivity index (χ3v) is 4.25. The van der Waals surface area contributed by atoms with E-state index in [-0.39, 0.29) is 0 Å². The van der Waals surface area contributed by atoms with Crippen molar-refractivity contribution >= 4 is 32.4 Å². The lowest BCUT2D eigenvalue weighted by atomic mass is 9.85. The smallest absolute Gasteiger partial charge is 0.208 e. The first-order chi connectivity index (χ1) is 6.65. The highest BCUT2D eigenvalue weighted by Crippen LogP contribution is 2.34. The van der Waals surface area contributed by atoms with E-state index in [1.807, 2.05) is 6.92 Å². The summed E-state index contributed by atoms with van der Waals surface area (Å²) in [5, 5.41) is 10.2. The van der Waals surface area contributed by atoms with Gasteiger partial charge in [-0.15, -0.1) is 10.2 Å². The van der Waals surface area contributed by atoms with Crippen molar-refractivity contribution in [3.05, 3.63) is 5.01 Å². The van der Waals surface area contributed by atoms with Crippen molar-refractivity contribution in [3.63, 3.8) is 0 Å². The summed E-state index contributed by atoms with van der Waals surface area (Å²) in [6.45, 7) is 3.10. The van der Waals surface area contributed by atoms with Crippen LogP contribution < -0.4 is 4.90 Å². The van der Waals surface area contributed by atoms with Crippen LogP contribution in [-0.2, 0) is 0 Å². The Hall–Kier alpha value is -0.160. The van der Waals surface area contributed by atoms with Crippen LogP contribution in [0.2, 0.25) is 0 Å². The molecule has 0 amide bonds. The number of hydrogen-bond acceptors (Lipinski definition) is 4. The number of nitrogens with zero attached hydrogens (tertiary/aromatic N) is 3. The lowest BCUT2D eigenvalue weighted by Gasteiger charge is -2.34. The van der Waals surface area contributed by atoms with Crippen LogP contribution in [0.25, 0.3) is 0 Å². The van der Waals surface area contributed by atoms with Gasteiger partial charge in [0.25, 0.3) is 0 Å². The van der Waals surface area contributed by atoms with Gasteiger partial charge in [0.2, 0.25) is 5.13 Å². The zero-order valence-corrected chi connectivity index (χ0v) is 10.8. The molecular formula is C9H14BrN3S. The van der Waals surface area contributed by atoms with E-state index in [1.165, 1.54) is 12.8 Å². The topological polar surface area (TPSA) is 29.0 Å². The molecule has 0 radical (unpaired) electrons. The number of aromatic nitrogens is 2. The molecule has 78 valence electrons. The van der Waals surface area contributed by atoms with Crippen molar-refractivity contribution in [2.45, 2.75) is 24.6 Å². The minimum atomic E-state index is 0.747. The highest BCUT2D eigenvalue weighted by atomic mass is 79.9. The summed E-state index contributed by atoms with van der Waals surface area (Å²) in [6.07, 6.45) is 2.59. The SMILES string of the molecule is Cc1nnc(N(C)CC2CC(Br)C2)s1. The van der Waals surface area contributed by atoms with Crippen molar-refractivity contribution in [3.8, 4) is 0 Å². The second kappa shape index (κ2) is 4.14. The van der Waals surface area contributed by atoms with E-state index in [9.17, 15) is 0 Å². The molecule has 3 nitrogen and oxygen atoms in total. The first-order valence-corrected chi connectivity index (χ1v) is 6.53. The molecule has 1 aliphatic rings. The minimum Gasteiger partial charge on any atom is -0.349 e. The Balaban J connectivity index is 1.86. The quantitative estimate of drug-likeness (QED) is 0.794. The molecule has 1 saturated carbocycles. The van der Waals surface area contributed by atoms with Crippen LogP contribution in [-0.4, -0.2) is 28.6 Å². The van der Waals surface area contributed by atoms with Gasteiger partial charge in [0.1, 0.15) is 5.01 Å². The van der Waals surface area contributed by atoms with Gasteiger partial charge in [-0.1, -0.05) is 27.3 Å². The van der Waals surface area contributed by atoms with Crippen LogP contribution in [0, 0.1) is 12.8 Å². The van der Waals surface area contributed by atoms with Gasteiger partial charge in [-0.2, -0.15) is 0 Å². The second-order valence-electron chi connectivity index (χ2n) is 3.92. The summed E-state index contributed by atoms with van der Waals surface area (Å²) < 4.78 is 0. The third kappa shape index (κ3) is 2.25. The number of halogens is 1. The van der Waals surface area contributed by atoms with E-state index in [0.717, 1.165) is 27.4 Å². The van der Waals surface area contributed by atoms with Gasteiger partial charge in [-0.25, -0.2) is 0 Å². The maximum atomic E-state index is 4.13. The average Bonchev–Trinajstić information content (AvgIpc) is 2.49. The molecule has 2 rings (SSSR count). The highest BCUT2D eigenvalue weighted by molar-refractivity contribution is 9.09. The van der Waals surface area contributed by atoms with Crippen LogP contribution in [0.15, 0.2) is 0 Å². The molecule has 1 aromatic rings. The van der Waals surface area contributed by atoms with Crippen molar-refractivity contribution in [1.82, 2.24) is 10.2 Å². The predicted molar refractivity (Wildman–Crippen MR) is 63.4 cm³/mol. The molecule has 0 unspecified atom stereocenters. The Morgan fingerprint density at radius 2 is 2.21 bits per heavy atom. The molecular weight excluding hydrogens is 262 g/mol. The molecule has 0 atom stereocenters. The van der Waals surface area contributed by atoms with Gasteiger partial charge in [0.15, 0.2) is 0 Å². The first-order valence-electron chi connectivity index (χ1n) is 4.80. The van der Waals surface area contributed by atoms with Crippen LogP contribution >= 0.6 is 27.3 Å². The zero-order chi connectivity index (χ0) is 10.1. The maximum Gasteiger partial charge on any atom is 0.208 e. The standard InChI is InChI=1S/C9H14BrN3S/c1-6-11-12-9(14-6)13(2)5-7-3-8(10)4-7/h7-8H,3-5H2,1-2H3. The predicted octanol–water partition coefficient (Wildman–Crippen LogP) is 2.46. The summed E-state index contributed by atoms with van der Waals surface area (Å²) >= 11 is 5.27. The van der Waals surface area contributed by atoms with Crippen LogP contribution in [0.5, 0.6) is 0 Å². The van der Waals surface area contributed by atoms with Gasteiger partial charge in [-0.05, 0) is 25.7 Å². The van der Waals surface area contributed by atoms with Gasteiger partial charge < -0.3 is 4.90 Å². The Morgan fingerprint density at radius 3 is 2.71 bits per heavy atom. The Bertz CT molecular complexity index is 309. The summed E-state index contributed by atoms with van der Waals surface area (Å²) in [4.78, 5) is 2.96. The third-order valence-electron chi connectivity index (χ3n) is 2.55. The average molecular weight is 276 g/mol. The zero-order valence-electron chi connectivity index (χ0n) is 8.40. The molecule has 0 N–H and O–H groups in total. The summed E-state index contributed by atoms with van der Waals surface area (Å²) in [5.41, 5.74) is 0. The van der Waals surface area contributed by atoms with Crippen LogP contribution in [0.1, 0.15) is 17.8 Å². The number of rotatable bonds is 3. The summed E-state index contributed by atoms with van der Waals surface area (Å²) in [5.74, 6) is 0.827. The molecule has 14 heavy (non-hydrogen) atoms. The second-order valence-corrected chi connectivity index (χ2v) is 6.37. The Morgan fingerprint density at radius 1 is 1.50 bits per heavy atom. The summed E-state index contributed by atoms with van der Waals surface area (Å²) in [6, 6.07) is 0. The Labute approximate surface area is 96.7 Å². The Kier molecular flexibility index (Phi) is 3.07. The van der Waals surface area contributed by atoms with Crippen molar-refractivity contribution < 1.29 is 0 Å². The number of alkyl halides is 1. The number of aryl methyl sites for hydroxylation is 1. The monoisotopic (exact) mass is 275 g/mol. The lowest BCUT2D eigenvalue weighted by Crippen LogP contribution is -2.34. The highest BCUT2D eigenvalue weighted by Gasteiger charge is 2.28. The molecule has 1 fully saturated rings. The van der Waals surface area contributed by atoms with Crippen LogP contribution in [0.3, 0.4) is 0 Å². The molecule has 1 aliphatic carbocycles. The molecule has 5 heteroatoms. The lowest BCUT2D eigenvalue weighted by molar-refractivity contribution is 0.339. The minimum absolute atomic E-state index is 0.747. The molecule has 0 aromatic carbocycles. The fraction of sp³-hybridized carbons (Fsp3) is 0.778. The first kappa shape index (κ1) is 10.4. The molecule has 0 saturated heterocycles. The van der Waals surface area contributed by atoms with E-state index in [1.54, 1.807) is 11.3 Å². The molecule has 1 aromatic heterocycles. The van der Waals surface area contributed by atoms with Crippen molar-refractivity contribution in [1.29, 1.82) is 0 Å². The fourth-order valence-electron chi connectivity index (χ4n) is 1.71.